The molecule has 0 atom stereocenters. The smallest absolute Gasteiger partial charge is 0.275 e. The topological polar surface area (TPSA) is 50.7 Å². The fourth-order valence-electron chi connectivity index (χ4n) is 2.48. The van der Waals surface area contributed by atoms with Crippen LogP contribution in [0, 0.1) is 5.82 Å². The molecule has 3 rings (SSSR count). The van der Waals surface area contributed by atoms with E-state index in [4.69, 9.17) is 4.74 Å². The highest BCUT2D eigenvalue weighted by Crippen LogP contribution is 2.17. The highest BCUT2D eigenvalue weighted by Gasteiger charge is 2.19. The minimum Gasteiger partial charge on any atom is -0.497 e. The molecule has 1 aliphatic rings. The van der Waals surface area contributed by atoms with Gasteiger partial charge in [-0.2, -0.15) is 0 Å². The van der Waals surface area contributed by atoms with Gasteiger partial charge in [0.1, 0.15) is 23.1 Å². The number of hydrogen-bond acceptors (Lipinski definition) is 3. The first-order valence-electron chi connectivity index (χ1n) is 7.63. The Labute approximate surface area is 139 Å². The van der Waals surface area contributed by atoms with Gasteiger partial charge >= 0.3 is 0 Å². The van der Waals surface area contributed by atoms with Crippen molar-refractivity contribution in [1.82, 2.24) is 5.32 Å². The Balaban J connectivity index is 1.70. The van der Waals surface area contributed by atoms with Crippen LogP contribution < -0.4 is 10.1 Å². The summed E-state index contributed by atoms with van der Waals surface area (Å²) >= 11 is 0. The number of nitrogens with one attached hydrogen (secondary N) is 1. The normalized spacial score (nSPS) is 15.3. The van der Waals surface area contributed by atoms with Crippen molar-refractivity contribution in [2.24, 2.45) is 4.99 Å². The van der Waals surface area contributed by atoms with Gasteiger partial charge in [0, 0.05) is 6.42 Å². The van der Waals surface area contributed by atoms with Crippen molar-refractivity contribution in [3.8, 4) is 5.75 Å². The fraction of sp³-hybridized carbons (Fsp3) is 0.158. The minimum atomic E-state index is -0.343. The Morgan fingerprint density at radius 3 is 2.79 bits per heavy atom. The summed E-state index contributed by atoms with van der Waals surface area (Å²) in [5.41, 5.74) is 2.01. The van der Waals surface area contributed by atoms with Crippen LogP contribution in [0.5, 0.6) is 5.75 Å². The maximum atomic E-state index is 13.2. The summed E-state index contributed by atoms with van der Waals surface area (Å²) in [6.45, 7) is 0. The summed E-state index contributed by atoms with van der Waals surface area (Å²) in [6.07, 6.45) is 2.93. The number of methoxy groups -OCH3 is 1. The summed E-state index contributed by atoms with van der Waals surface area (Å²) in [6, 6.07) is 13.8. The van der Waals surface area contributed by atoms with Crippen molar-refractivity contribution < 1.29 is 13.9 Å². The average molecular weight is 324 g/mol. The van der Waals surface area contributed by atoms with Crippen LogP contribution in [-0.2, 0) is 11.2 Å². The van der Waals surface area contributed by atoms with Crippen molar-refractivity contribution in [2.75, 3.05) is 7.11 Å². The van der Waals surface area contributed by atoms with Crippen molar-refractivity contribution >= 4 is 17.8 Å². The van der Waals surface area contributed by atoms with E-state index in [0.717, 1.165) is 17.7 Å². The molecule has 0 unspecified atom stereocenters. The van der Waals surface area contributed by atoms with Gasteiger partial charge in [-0.05, 0) is 47.9 Å². The van der Waals surface area contributed by atoms with Gasteiger partial charge in [0.15, 0.2) is 0 Å². The molecule has 24 heavy (non-hydrogen) atoms. The second kappa shape index (κ2) is 7.08. The summed E-state index contributed by atoms with van der Waals surface area (Å²) in [4.78, 5) is 16.3. The first kappa shape index (κ1) is 15.9. The first-order valence-corrected chi connectivity index (χ1v) is 7.63. The van der Waals surface area contributed by atoms with E-state index in [1.54, 1.807) is 25.3 Å². The van der Waals surface area contributed by atoms with Crippen molar-refractivity contribution in [1.29, 1.82) is 0 Å². The van der Waals surface area contributed by atoms with E-state index in [1.165, 1.54) is 12.1 Å². The molecule has 5 heteroatoms. The predicted molar refractivity (Wildman–Crippen MR) is 91.3 cm³/mol. The van der Waals surface area contributed by atoms with Gasteiger partial charge in [-0.25, -0.2) is 9.38 Å². The number of rotatable bonds is 5. The van der Waals surface area contributed by atoms with Gasteiger partial charge < -0.3 is 10.1 Å². The average Bonchev–Trinajstić information content (AvgIpc) is 2.93. The molecule has 0 saturated heterocycles. The molecule has 0 saturated carbocycles. The minimum absolute atomic E-state index is 0.264. The number of nitrogens with zero attached hydrogens (tertiary/aromatic N) is 1. The third kappa shape index (κ3) is 3.87. The number of aliphatic imine (C=N–C) groups is 1. The highest BCUT2D eigenvalue weighted by molar-refractivity contribution is 6.14. The number of hydrogen-bond donors (Lipinski definition) is 1. The molecule has 0 fully saturated rings. The molecule has 0 aliphatic carbocycles. The Hall–Kier alpha value is -2.95. The number of carbonyl (C=O) groups excluding carboxylic acids is 1. The van der Waals surface area contributed by atoms with Crippen LogP contribution in [-0.4, -0.2) is 18.9 Å². The second-order valence-electron chi connectivity index (χ2n) is 5.45. The van der Waals surface area contributed by atoms with E-state index in [9.17, 15) is 9.18 Å². The lowest BCUT2D eigenvalue weighted by molar-refractivity contribution is -0.115. The summed E-state index contributed by atoms with van der Waals surface area (Å²) in [5, 5.41) is 2.76. The summed E-state index contributed by atoms with van der Waals surface area (Å²) in [5.74, 6) is 0.812. The zero-order valence-electron chi connectivity index (χ0n) is 13.3. The molecule has 0 spiro atoms. The number of amides is 1. The van der Waals surface area contributed by atoms with Crippen LogP contribution in [0.3, 0.4) is 0 Å². The molecule has 122 valence electrons. The zero-order chi connectivity index (χ0) is 16.9. The van der Waals surface area contributed by atoms with Gasteiger partial charge in [0.2, 0.25) is 0 Å². The number of aryl methyl sites for hydroxylation is 1. The van der Waals surface area contributed by atoms with E-state index in [1.807, 2.05) is 24.3 Å². The molecule has 4 nitrogen and oxygen atoms in total. The summed E-state index contributed by atoms with van der Waals surface area (Å²) < 4.78 is 18.4. The Morgan fingerprint density at radius 1 is 1.17 bits per heavy atom. The van der Waals surface area contributed by atoms with Crippen molar-refractivity contribution in [3.05, 3.63) is 71.2 Å². The molecule has 2 aromatic rings. The van der Waals surface area contributed by atoms with Gasteiger partial charge in [-0.1, -0.05) is 24.3 Å². The van der Waals surface area contributed by atoms with Crippen molar-refractivity contribution in [2.45, 2.75) is 12.8 Å². The molecule has 1 heterocycles. The van der Waals surface area contributed by atoms with Crippen LogP contribution >= 0.6 is 0 Å². The maximum Gasteiger partial charge on any atom is 0.275 e. The van der Waals surface area contributed by atoms with E-state index >= 15 is 0 Å². The number of carbonyl (C=O) groups is 1. The molecule has 2 aromatic carbocycles. The largest absolute Gasteiger partial charge is 0.497 e. The molecule has 0 bridgehead atoms. The lowest BCUT2D eigenvalue weighted by atomic mass is 10.1. The van der Waals surface area contributed by atoms with Crippen molar-refractivity contribution in [3.63, 3.8) is 0 Å². The van der Waals surface area contributed by atoms with Crippen LogP contribution in [0.2, 0.25) is 0 Å². The number of amidine groups is 1. The maximum absolute atomic E-state index is 13.2. The molecular weight excluding hydrogens is 307 g/mol. The van der Waals surface area contributed by atoms with E-state index in [-0.39, 0.29) is 11.7 Å². The summed E-state index contributed by atoms with van der Waals surface area (Å²) in [7, 11) is 1.63. The van der Waals surface area contributed by atoms with E-state index in [0.29, 0.717) is 23.5 Å². The predicted octanol–water partition coefficient (Wildman–Crippen LogP) is 3.34. The van der Waals surface area contributed by atoms with Gasteiger partial charge in [0.25, 0.3) is 5.91 Å². The Bertz CT molecular complexity index is 828. The molecule has 0 aromatic heterocycles. The van der Waals surface area contributed by atoms with Gasteiger partial charge in [-0.3, -0.25) is 4.79 Å². The highest BCUT2D eigenvalue weighted by atomic mass is 19.1. The number of halogens is 1. The lowest BCUT2D eigenvalue weighted by Gasteiger charge is -2.04. The number of benzene rings is 2. The van der Waals surface area contributed by atoms with Crippen LogP contribution in [0.15, 0.2) is 59.2 Å². The van der Waals surface area contributed by atoms with Crippen LogP contribution in [0.25, 0.3) is 6.08 Å². The van der Waals surface area contributed by atoms with E-state index < -0.39 is 0 Å². The van der Waals surface area contributed by atoms with Gasteiger partial charge in [0.05, 0.1) is 7.11 Å². The second-order valence-corrected chi connectivity index (χ2v) is 5.45. The van der Waals surface area contributed by atoms with Crippen LogP contribution in [0.4, 0.5) is 4.39 Å². The third-order valence-electron chi connectivity index (χ3n) is 3.68. The van der Waals surface area contributed by atoms with Gasteiger partial charge in [-0.15, -0.1) is 0 Å². The quantitative estimate of drug-likeness (QED) is 0.858. The van der Waals surface area contributed by atoms with Crippen LogP contribution in [0.1, 0.15) is 17.5 Å². The molecule has 0 radical (unpaired) electrons. The molecular formula is C19H17FN2O2. The SMILES string of the molecule is COc1cccc(CCC2=N/C(=C/c3cccc(F)c3)C(=O)N2)c1. The lowest BCUT2D eigenvalue weighted by Crippen LogP contribution is -2.24. The molecule has 1 amide bonds. The first-order chi connectivity index (χ1) is 11.6. The standard InChI is InChI=1S/C19H17FN2O2/c1-24-16-7-3-4-13(11-16)8-9-18-21-17(19(23)22-18)12-14-5-2-6-15(20)10-14/h2-7,10-12H,8-9H2,1H3,(H,21,22,23)/b17-12+. The fourth-order valence-corrected chi connectivity index (χ4v) is 2.48. The monoisotopic (exact) mass is 324 g/mol. The molecule has 1 aliphatic heterocycles. The Kier molecular flexibility index (Phi) is 4.70. The molecule has 1 N–H and O–H groups in total. The third-order valence-corrected chi connectivity index (χ3v) is 3.68. The van der Waals surface area contributed by atoms with E-state index in [2.05, 4.69) is 10.3 Å². The number of ether oxygens (including phenoxy) is 1. The zero-order valence-corrected chi connectivity index (χ0v) is 13.3. The Morgan fingerprint density at radius 2 is 2.00 bits per heavy atom.